The Hall–Kier alpha value is -1.91. The molecule has 1 N–H and O–H groups in total. The number of amides is 1. The summed E-state index contributed by atoms with van der Waals surface area (Å²) in [4.78, 5) is 14.0. The molecule has 1 aromatic rings. The van der Waals surface area contributed by atoms with Gasteiger partial charge in [-0.25, -0.2) is 4.79 Å². The summed E-state index contributed by atoms with van der Waals surface area (Å²) >= 11 is 0. The van der Waals surface area contributed by atoms with Crippen LogP contribution in [0.15, 0.2) is 18.2 Å². The Morgan fingerprint density at radius 3 is 3.00 bits per heavy atom. The van der Waals surface area contributed by atoms with Gasteiger partial charge in [0.1, 0.15) is 18.0 Å². The molecule has 1 amide bonds. The van der Waals surface area contributed by atoms with E-state index < -0.39 is 5.60 Å². The molecule has 2 aliphatic rings. The second kappa shape index (κ2) is 5.71. The van der Waals surface area contributed by atoms with E-state index in [2.05, 4.69) is 11.4 Å². The first kappa shape index (κ1) is 15.0. The summed E-state index contributed by atoms with van der Waals surface area (Å²) in [5.74, 6) is 1.26. The van der Waals surface area contributed by atoms with Gasteiger partial charge in [0, 0.05) is 31.1 Å². The van der Waals surface area contributed by atoms with Crippen molar-refractivity contribution in [2.24, 2.45) is 0 Å². The number of anilines is 1. The molecule has 0 bridgehead atoms. The lowest BCUT2D eigenvalue weighted by molar-refractivity contribution is 0.0292. The van der Waals surface area contributed by atoms with Gasteiger partial charge < -0.3 is 19.7 Å². The lowest BCUT2D eigenvalue weighted by Crippen LogP contribution is -2.35. The van der Waals surface area contributed by atoms with Crippen molar-refractivity contribution in [3.8, 4) is 5.75 Å². The summed E-state index contributed by atoms with van der Waals surface area (Å²) < 4.78 is 11.3. The zero-order valence-electron chi connectivity index (χ0n) is 13.5. The molecule has 1 saturated heterocycles. The number of carbonyl (C=O) groups is 1. The summed E-state index contributed by atoms with van der Waals surface area (Å²) in [7, 11) is 0. The maximum Gasteiger partial charge on any atom is 0.410 e. The molecule has 1 fully saturated rings. The minimum Gasteiger partial charge on any atom is -0.489 e. The Bertz CT molecular complexity index is 566. The first-order valence-electron chi connectivity index (χ1n) is 7.91. The van der Waals surface area contributed by atoms with Crippen LogP contribution in [0, 0.1) is 0 Å². The van der Waals surface area contributed by atoms with Crippen LogP contribution >= 0.6 is 0 Å². The summed E-state index contributed by atoms with van der Waals surface area (Å²) in [6.45, 7) is 8.63. The molecule has 22 heavy (non-hydrogen) atoms. The second-order valence-corrected chi connectivity index (χ2v) is 6.91. The van der Waals surface area contributed by atoms with Crippen LogP contribution in [-0.4, -0.2) is 42.8 Å². The zero-order chi connectivity index (χ0) is 15.7. The number of carbonyl (C=O) groups excluding carboxylic acids is 1. The highest BCUT2D eigenvalue weighted by Crippen LogP contribution is 2.39. The summed E-state index contributed by atoms with van der Waals surface area (Å²) in [5, 5.41) is 3.36. The third-order valence-electron chi connectivity index (χ3n) is 3.99. The molecular weight excluding hydrogens is 280 g/mol. The second-order valence-electron chi connectivity index (χ2n) is 6.91. The number of rotatable bonds is 1. The average molecular weight is 304 g/mol. The minimum atomic E-state index is -0.450. The average Bonchev–Trinajstić information content (AvgIpc) is 2.94. The molecule has 3 rings (SSSR count). The molecule has 0 aromatic heterocycles. The number of fused-ring (bicyclic) bond motifs is 1. The molecule has 120 valence electrons. The number of hydrogen-bond acceptors (Lipinski definition) is 4. The molecule has 5 heteroatoms. The fourth-order valence-electron chi connectivity index (χ4n) is 3.02. The number of likely N-dealkylation sites (tertiary alicyclic amines) is 1. The smallest absolute Gasteiger partial charge is 0.410 e. The maximum absolute atomic E-state index is 12.2. The number of nitrogens with zero attached hydrogens (tertiary/aromatic N) is 1. The molecule has 0 radical (unpaired) electrons. The molecular formula is C17H24N2O3. The third-order valence-corrected chi connectivity index (χ3v) is 3.99. The third kappa shape index (κ3) is 3.13. The van der Waals surface area contributed by atoms with Crippen LogP contribution in [0.2, 0.25) is 0 Å². The van der Waals surface area contributed by atoms with Crippen molar-refractivity contribution in [1.82, 2.24) is 4.90 Å². The van der Waals surface area contributed by atoms with Crippen LogP contribution in [0.25, 0.3) is 0 Å². The van der Waals surface area contributed by atoms with Crippen LogP contribution in [0.4, 0.5) is 10.5 Å². The molecule has 0 saturated carbocycles. The summed E-state index contributed by atoms with van der Waals surface area (Å²) in [6, 6.07) is 6.19. The van der Waals surface area contributed by atoms with Crippen molar-refractivity contribution in [3.63, 3.8) is 0 Å². The van der Waals surface area contributed by atoms with Gasteiger partial charge in [-0.15, -0.1) is 0 Å². The van der Waals surface area contributed by atoms with Gasteiger partial charge in [-0.3, -0.25) is 0 Å². The van der Waals surface area contributed by atoms with Crippen LogP contribution in [0.1, 0.15) is 38.7 Å². The van der Waals surface area contributed by atoms with Crippen molar-refractivity contribution >= 4 is 11.8 Å². The fourth-order valence-corrected chi connectivity index (χ4v) is 3.02. The van der Waals surface area contributed by atoms with E-state index in [0.29, 0.717) is 19.1 Å². The van der Waals surface area contributed by atoms with Gasteiger partial charge in [0.05, 0.1) is 5.69 Å². The van der Waals surface area contributed by atoms with Crippen molar-refractivity contribution in [3.05, 3.63) is 23.8 Å². The van der Waals surface area contributed by atoms with Gasteiger partial charge in [-0.1, -0.05) is 12.1 Å². The van der Waals surface area contributed by atoms with Crippen molar-refractivity contribution in [2.45, 2.75) is 38.7 Å². The van der Waals surface area contributed by atoms with Gasteiger partial charge in [0.2, 0.25) is 0 Å². The summed E-state index contributed by atoms with van der Waals surface area (Å²) in [6.07, 6.45) is 0.720. The monoisotopic (exact) mass is 304 g/mol. The Balaban J connectivity index is 1.72. The van der Waals surface area contributed by atoms with E-state index in [1.54, 1.807) is 4.90 Å². The number of ether oxygens (including phenoxy) is 2. The topological polar surface area (TPSA) is 50.8 Å². The van der Waals surface area contributed by atoms with E-state index in [-0.39, 0.29) is 6.09 Å². The van der Waals surface area contributed by atoms with Crippen LogP contribution in [-0.2, 0) is 4.74 Å². The molecule has 1 atom stereocenters. The van der Waals surface area contributed by atoms with Crippen molar-refractivity contribution in [2.75, 3.05) is 31.6 Å². The molecule has 0 aliphatic carbocycles. The van der Waals surface area contributed by atoms with E-state index >= 15 is 0 Å². The molecule has 2 heterocycles. The number of para-hydroxylation sites is 1. The first-order chi connectivity index (χ1) is 10.4. The van der Waals surface area contributed by atoms with E-state index in [4.69, 9.17) is 9.47 Å². The lowest BCUT2D eigenvalue weighted by atomic mass is 9.96. The van der Waals surface area contributed by atoms with E-state index in [1.807, 2.05) is 32.9 Å². The Morgan fingerprint density at radius 2 is 2.23 bits per heavy atom. The van der Waals surface area contributed by atoms with E-state index in [0.717, 1.165) is 30.9 Å². The number of hydrogen-bond donors (Lipinski definition) is 1. The number of nitrogens with one attached hydrogen (secondary N) is 1. The largest absolute Gasteiger partial charge is 0.489 e. The quantitative estimate of drug-likeness (QED) is 0.865. The predicted octanol–water partition coefficient (Wildman–Crippen LogP) is 3.22. The SMILES string of the molecule is CC(C)(C)OC(=O)N1CC[C@@H](c2cccc3c2OCCN3)C1. The Labute approximate surface area is 131 Å². The van der Waals surface area contributed by atoms with Gasteiger partial charge >= 0.3 is 6.09 Å². The van der Waals surface area contributed by atoms with Crippen LogP contribution in [0.3, 0.4) is 0 Å². The first-order valence-corrected chi connectivity index (χ1v) is 7.91. The molecule has 2 aliphatic heterocycles. The molecule has 0 spiro atoms. The zero-order valence-corrected chi connectivity index (χ0v) is 13.5. The van der Waals surface area contributed by atoms with Crippen LogP contribution < -0.4 is 10.1 Å². The fraction of sp³-hybridized carbons (Fsp3) is 0.588. The predicted molar refractivity (Wildman–Crippen MR) is 85.6 cm³/mol. The van der Waals surface area contributed by atoms with E-state index in [1.165, 1.54) is 5.56 Å². The number of benzene rings is 1. The van der Waals surface area contributed by atoms with Gasteiger partial charge in [0.25, 0.3) is 0 Å². The van der Waals surface area contributed by atoms with Crippen molar-refractivity contribution < 1.29 is 14.3 Å². The van der Waals surface area contributed by atoms with E-state index in [9.17, 15) is 4.79 Å². The minimum absolute atomic E-state index is 0.223. The van der Waals surface area contributed by atoms with Gasteiger partial charge in [-0.2, -0.15) is 0 Å². The summed E-state index contributed by atoms with van der Waals surface area (Å²) in [5.41, 5.74) is 1.80. The highest BCUT2D eigenvalue weighted by atomic mass is 16.6. The standard InChI is InChI=1S/C17H24N2O3/c1-17(2,3)22-16(20)19-9-7-12(11-19)13-5-4-6-14-15(13)21-10-8-18-14/h4-6,12,18H,7-11H2,1-3H3/t12-/m1/s1. The highest BCUT2D eigenvalue weighted by Gasteiger charge is 2.32. The van der Waals surface area contributed by atoms with Crippen molar-refractivity contribution in [1.29, 1.82) is 0 Å². The normalized spacial score (nSPS) is 20.9. The molecule has 0 unspecified atom stereocenters. The Kier molecular flexibility index (Phi) is 3.89. The van der Waals surface area contributed by atoms with Gasteiger partial charge in [-0.05, 0) is 33.3 Å². The maximum atomic E-state index is 12.2. The highest BCUT2D eigenvalue weighted by molar-refractivity contribution is 5.69. The molecule has 1 aromatic carbocycles. The Morgan fingerprint density at radius 1 is 1.41 bits per heavy atom. The molecule has 5 nitrogen and oxygen atoms in total. The van der Waals surface area contributed by atoms with Crippen LogP contribution in [0.5, 0.6) is 5.75 Å². The van der Waals surface area contributed by atoms with Gasteiger partial charge in [0.15, 0.2) is 0 Å². The lowest BCUT2D eigenvalue weighted by Gasteiger charge is -2.25.